The summed E-state index contributed by atoms with van der Waals surface area (Å²) in [4.78, 5) is 16.1. The highest BCUT2D eigenvalue weighted by Crippen LogP contribution is 2.30. The minimum Gasteiger partial charge on any atom is -0.488 e. The molecule has 0 bridgehead atoms. The van der Waals surface area contributed by atoms with Gasteiger partial charge in [0.2, 0.25) is 11.8 Å². The fraction of sp³-hybridized carbons (Fsp3) is 0.318. The van der Waals surface area contributed by atoms with Gasteiger partial charge in [-0.15, -0.1) is 0 Å². The van der Waals surface area contributed by atoms with E-state index < -0.39 is 15.9 Å². The highest BCUT2D eigenvalue weighted by atomic mass is 32.2. The van der Waals surface area contributed by atoms with E-state index >= 15 is 0 Å². The standard InChI is InChI=1S/C22H24N4O6S/c1-13-10-24-22(31-13)18-6-5-17(25-18)19-8-16(30-14(2)12-27)9-20(26-19)32-15-4-7-21(23-11-15)33(3,28)29/h4-9,11,13-14,25,27H,10,12H2,1-3H3/t13-,14-/m0/s1. The van der Waals surface area contributed by atoms with Gasteiger partial charge in [0.1, 0.15) is 29.4 Å². The van der Waals surface area contributed by atoms with Gasteiger partial charge in [-0.25, -0.2) is 23.4 Å². The first-order valence-corrected chi connectivity index (χ1v) is 12.1. The molecule has 0 saturated heterocycles. The number of nitrogens with zero attached hydrogens (tertiary/aromatic N) is 3. The summed E-state index contributed by atoms with van der Waals surface area (Å²) in [6.45, 7) is 4.13. The molecule has 0 amide bonds. The summed E-state index contributed by atoms with van der Waals surface area (Å²) in [7, 11) is -3.42. The fourth-order valence-electron chi connectivity index (χ4n) is 3.07. The molecule has 0 unspecified atom stereocenters. The summed E-state index contributed by atoms with van der Waals surface area (Å²) in [5.74, 6) is 1.50. The van der Waals surface area contributed by atoms with Crippen LogP contribution in [0.5, 0.6) is 17.4 Å². The largest absolute Gasteiger partial charge is 0.488 e. The predicted molar refractivity (Wildman–Crippen MR) is 121 cm³/mol. The monoisotopic (exact) mass is 472 g/mol. The molecule has 10 nitrogen and oxygen atoms in total. The second-order valence-corrected chi connectivity index (χ2v) is 9.67. The summed E-state index contributed by atoms with van der Waals surface area (Å²) < 4.78 is 40.5. The van der Waals surface area contributed by atoms with Crippen LogP contribution in [-0.2, 0) is 14.6 Å². The molecule has 0 radical (unpaired) electrons. The molecule has 0 saturated carbocycles. The summed E-state index contributed by atoms with van der Waals surface area (Å²) >= 11 is 0. The molecule has 174 valence electrons. The van der Waals surface area contributed by atoms with Gasteiger partial charge in [-0.05, 0) is 38.1 Å². The van der Waals surface area contributed by atoms with Crippen molar-refractivity contribution in [1.82, 2.24) is 15.0 Å². The summed E-state index contributed by atoms with van der Waals surface area (Å²) in [6, 6.07) is 9.86. The second-order valence-electron chi connectivity index (χ2n) is 7.70. The molecule has 2 N–H and O–H groups in total. The molecular formula is C22H24N4O6S. The molecule has 1 aliphatic heterocycles. The van der Waals surface area contributed by atoms with E-state index in [4.69, 9.17) is 14.2 Å². The van der Waals surface area contributed by atoms with Crippen LogP contribution >= 0.6 is 0 Å². The highest BCUT2D eigenvalue weighted by molar-refractivity contribution is 7.90. The lowest BCUT2D eigenvalue weighted by molar-refractivity contribution is 0.129. The zero-order valence-corrected chi connectivity index (χ0v) is 19.2. The van der Waals surface area contributed by atoms with E-state index in [1.807, 2.05) is 19.1 Å². The van der Waals surface area contributed by atoms with Crippen molar-refractivity contribution in [2.45, 2.75) is 31.1 Å². The van der Waals surface area contributed by atoms with Crippen molar-refractivity contribution in [3.63, 3.8) is 0 Å². The number of ether oxygens (including phenoxy) is 3. The first-order valence-electron chi connectivity index (χ1n) is 10.3. The number of rotatable bonds is 8. The minimum absolute atomic E-state index is 0.0317. The van der Waals surface area contributed by atoms with Gasteiger partial charge >= 0.3 is 0 Å². The fourth-order valence-corrected chi connectivity index (χ4v) is 3.63. The first kappa shape index (κ1) is 22.7. The average Bonchev–Trinajstić information content (AvgIpc) is 3.42. The lowest BCUT2D eigenvalue weighted by Gasteiger charge is -2.14. The number of aromatic nitrogens is 3. The number of pyridine rings is 2. The zero-order valence-electron chi connectivity index (χ0n) is 18.3. The number of aliphatic hydroxyl groups excluding tert-OH is 1. The Balaban J connectivity index is 1.64. The Morgan fingerprint density at radius 1 is 1.21 bits per heavy atom. The van der Waals surface area contributed by atoms with E-state index in [2.05, 4.69) is 19.9 Å². The maximum absolute atomic E-state index is 11.6. The van der Waals surface area contributed by atoms with Crippen molar-refractivity contribution < 1.29 is 27.7 Å². The van der Waals surface area contributed by atoms with Crippen LogP contribution < -0.4 is 9.47 Å². The van der Waals surface area contributed by atoms with Crippen LogP contribution in [0, 0.1) is 0 Å². The molecule has 0 aromatic carbocycles. The minimum atomic E-state index is -3.42. The van der Waals surface area contributed by atoms with Crippen molar-refractivity contribution in [2.75, 3.05) is 19.4 Å². The third-order valence-corrected chi connectivity index (χ3v) is 5.68. The van der Waals surface area contributed by atoms with Gasteiger partial charge < -0.3 is 24.3 Å². The number of aliphatic hydroxyl groups is 1. The van der Waals surface area contributed by atoms with E-state index in [1.165, 1.54) is 18.3 Å². The maximum atomic E-state index is 11.6. The van der Waals surface area contributed by atoms with Gasteiger partial charge in [-0.3, -0.25) is 0 Å². The van der Waals surface area contributed by atoms with Gasteiger partial charge in [0.15, 0.2) is 14.9 Å². The summed E-state index contributed by atoms with van der Waals surface area (Å²) in [5.41, 5.74) is 1.95. The second kappa shape index (κ2) is 9.20. The van der Waals surface area contributed by atoms with Crippen molar-refractivity contribution in [3.05, 3.63) is 48.3 Å². The van der Waals surface area contributed by atoms with Crippen LogP contribution in [0.2, 0.25) is 0 Å². The molecule has 0 aliphatic carbocycles. The van der Waals surface area contributed by atoms with E-state index in [0.717, 1.165) is 11.9 Å². The Labute approximate surface area is 191 Å². The molecule has 11 heteroatoms. The van der Waals surface area contributed by atoms with E-state index in [0.29, 0.717) is 35.3 Å². The van der Waals surface area contributed by atoms with Crippen LogP contribution in [0.15, 0.2) is 52.6 Å². The molecule has 3 aromatic heterocycles. The van der Waals surface area contributed by atoms with Crippen molar-refractivity contribution >= 4 is 15.7 Å². The third-order valence-electron chi connectivity index (χ3n) is 4.68. The van der Waals surface area contributed by atoms with E-state index in [1.54, 1.807) is 19.1 Å². The topological polar surface area (TPSA) is 136 Å². The molecule has 4 heterocycles. The number of hydrogen-bond acceptors (Lipinski definition) is 9. The Kier molecular flexibility index (Phi) is 6.34. The average molecular weight is 473 g/mol. The first-order chi connectivity index (χ1) is 15.7. The number of sulfone groups is 1. The van der Waals surface area contributed by atoms with Gasteiger partial charge in [0, 0.05) is 18.4 Å². The normalized spacial score (nSPS) is 16.7. The van der Waals surface area contributed by atoms with Crippen LogP contribution in [-0.4, -0.2) is 66.0 Å². The van der Waals surface area contributed by atoms with E-state index in [9.17, 15) is 13.5 Å². The summed E-state index contributed by atoms with van der Waals surface area (Å²) in [6.07, 6.45) is 1.99. The number of aromatic amines is 1. The van der Waals surface area contributed by atoms with Crippen LogP contribution in [0.25, 0.3) is 11.4 Å². The molecule has 3 aromatic rings. The molecule has 33 heavy (non-hydrogen) atoms. The number of H-pyrrole nitrogens is 1. The molecule has 4 rings (SSSR count). The van der Waals surface area contributed by atoms with Gasteiger partial charge in [-0.2, -0.15) is 0 Å². The lowest BCUT2D eigenvalue weighted by atomic mass is 10.2. The van der Waals surface area contributed by atoms with Gasteiger partial charge in [0.25, 0.3) is 0 Å². The van der Waals surface area contributed by atoms with Gasteiger partial charge in [-0.1, -0.05) is 0 Å². The van der Waals surface area contributed by atoms with Crippen molar-refractivity contribution in [2.24, 2.45) is 4.99 Å². The third kappa shape index (κ3) is 5.49. The van der Waals surface area contributed by atoms with E-state index in [-0.39, 0.29) is 23.6 Å². The SMILES string of the molecule is C[C@H]1CN=C(c2ccc(-c3cc(O[C@@H](C)CO)cc(Oc4ccc(S(C)(=O)=O)nc4)n3)[nH]2)O1. The molecule has 0 fully saturated rings. The Morgan fingerprint density at radius 3 is 2.64 bits per heavy atom. The maximum Gasteiger partial charge on any atom is 0.233 e. The number of hydrogen-bond donors (Lipinski definition) is 2. The van der Waals surface area contributed by atoms with Crippen molar-refractivity contribution in [3.8, 4) is 28.8 Å². The Morgan fingerprint density at radius 2 is 2.00 bits per heavy atom. The van der Waals surface area contributed by atoms with Gasteiger partial charge in [0.05, 0.1) is 30.7 Å². The molecular weight excluding hydrogens is 448 g/mol. The quantitative estimate of drug-likeness (QED) is 0.511. The molecule has 0 spiro atoms. The highest BCUT2D eigenvalue weighted by Gasteiger charge is 2.19. The van der Waals surface area contributed by atoms with Crippen LogP contribution in [0.4, 0.5) is 0 Å². The smallest absolute Gasteiger partial charge is 0.233 e. The zero-order chi connectivity index (χ0) is 23.6. The number of nitrogens with one attached hydrogen (secondary N) is 1. The van der Waals surface area contributed by atoms with Crippen LogP contribution in [0.1, 0.15) is 19.5 Å². The molecule has 1 aliphatic rings. The van der Waals surface area contributed by atoms with Crippen molar-refractivity contribution in [1.29, 1.82) is 0 Å². The molecule has 2 atom stereocenters. The predicted octanol–water partition coefficient (Wildman–Crippen LogP) is 2.59. The Bertz CT molecular complexity index is 1270. The van der Waals surface area contributed by atoms with Crippen LogP contribution in [0.3, 0.4) is 0 Å². The summed E-state index contributed by atoms with van der Waals surface area (Å²) in [5, 5.41) is 9.31. The Hall–Kier alpha value is -3.44. The number of aliphatic imine (C=N–C) groups is 1. The lowest BCUT2D eigenvalue weighted by Crippen LogP contribution is -2.16.